The van der Waals surface area contributed by atoms with Gasteiger partial charge in [-0.25, -0.2) is 19.3 Å². The standard InChI is InChI=1S/C20H20ClFN6O/c21-12-6-14-15(8-24-17(14)23-7-12)18-25-9-16(22)19(27-18)26-13-2-1-5-28(10-13)20(29)11-3-4-11/h6-9,11,13H,1-5,10H2,(H,23,24)(H,25,26,27)/t13-/m0/s1. The summed E-state index contributed by atoms with van der Waals surface area (Å²) in [5.41, 5.74) is 1.36. The predicted molar refractivity (Wildman–Crippen MR) is 108 cm³/mol. The maximum Gasteiger partial charge on any atom is 0.225 e. The normalized spacial score (nSPS) is 19.5. The zero-order valence-corrected chi connectivity index (χ0v) is 16.4. The average molecular weight is 415 g/mol. The summed E-state index contributed by atoms with van der Waals surface area (Å²) in [7, 11) is 0. The lowest BCUT2D eigenvalue weighted by atomic mass is 10.1. The van der Waals surface area contributed by atoms with Gasteiger partial charge in [0.1, 0.15) is 5.65 Å². The Kier molecular flexibility index (Phi) is 4.58. The second kappa shape index (κ2) is 7.26. The van der Waals surface area contributed by atoms with E-state index in [4.69, 9.17) is 11.6 Å². The highest BCUT2D eigenvalue weighted by atomic mass is 35.5. The Morgan fingerprint density at radius 3 is 2.97 bits per heavy atom. The van der Waals surface area contributed by atoms with Crippen molar-refractivity contribution in [3.05, 3.63) is 35.5 Å². The van der Waals surface area contributed by atoms with Gasteiger partial charge in [-0.15, -0.1) is 0 Å². The van der Waals surface area contributed by atoms with Crippen LogP contribution in [0.2, 0.25) is 5.02 Å². The molecule has 4 heterocycles. The van der Waals surface area contributed by atoms with E-state index >= 15 is 0 Å². The summed E-state index contributed by atoms with van der Waals surface area (Å²) in [6.45, 7) is 1.34. The molecule has 0 spiro atoms. The maximum absolute atomic E-state index is 14.4. The van der Waals surface area contributed by atoms with Crippen molar-refractivity contribution >= 4 is 34.4 Å². The smallest absolute Gasteiger partial charge is 0.225 e. The van der Waals surface area contributed by atoms with Crippen LogP contribution in [0.5, 0.6) is 0 Å². The fourth-order valence-electron chi connectivity index (χ4n) is 3.84. The number of hydrogen-bond donors (Lipinski definition) is 2. The summed E-state index contributed by atoms with van der Waals surface area (Å²) in [5, 5.41) is 4.46. The summed E-state index contributed by atoms with van der Waals surface area (Å²) < 4.78 is 14.4. The SMILES string of the molecule is O=C(C1CC1)N1CCC[C@H](Nc2nc(-c3c[nH]c4ncc(Cl)cc34)ncc2F)C1. The first-order valence-corrected chi connectivity index (χ1v) is 10.2. The number of fused-ring (bicyclic) bond motifs is 1. The molecular formula is C20H20ClFN6O. The number of nitrogens with zero attached hydrogens (tertiary/aromatic N) is 4. The molecule has 2 fully saturated rings. The number of rotatable bonds is 4. The van der Waals surface area contributed by atoms with Crippen LogP contribution in [-0.4, -0.2) is 49.9 Å². The summed E-state index contributed by atoms with van der Waals surface area (Å²) in [4.78, 5) is 30.1. The third-order valence-electron chi connectivity index (χ3n) is 5.48. The summed E-state index contributed by atoms with van der Waals surface area (Å²) in [6, 6.07) is 1.74. The van der Waals surface area contributed by atoms with Crippen molar-refractivity contribution < 1.29 is 9.18 Å². The highest BCUT2D eigenvalue weighted by Gasteiger charge is 2.35. The number of anilines is 1. The maximum atomic E-state index is 14.4. The number of carbonyl (C=O) groups excluding carboxylic acids is 1. The topological polar surface area (TPSA) is 86.8 Å². The van der Waals surface area contributed by atoms with Crippen molar-refractivity contribution in [3.8, 4) is 11.4 Å². The van der Waals surface area contributed by atoms with Gasteiger partial charge >= 0.3 is 0 Å². The number of likely N-dealkylation sites (tertiary alicyclic amines) is 1. The van der Waals surface area contributed by atoms with E-state index in [0.717, 1.165) is 43.8 Å². The molecular weight excluding hydrogens is 395 g/mol. The molecule has 1 aliphatic heterocycles. The van der Waals surface area contributed by atoms with E-state index < -0.39 is 5.82 Å². The van der Waals surface area contributed by atoms with Crippen LogP contribution in [0, 0.1) is 11.7 Å². The number of amides is 1. The van der Waals surface area contributed by atoms with Crippen molar-refractivity contribution in [2.45, 2.75) is 31.7 Å². The Labute approximate surface area is 171 Å². The van der Waals surface area contributed by atoms with E-state index in [1.54, 1.807) is 18.5 Å². The second-order valence-corrected chi connectivity index (χ2v) is 8.12. The van der Waals surface area contributed by atoms with Gasteiger partial charge in [-0.3, -0.25) is 4.79 Å². The van der Waals surface area contributed by atoms with Crippen molar-refractivity contribution in [1.29, 1.82) is 0 Å². The third-order valence-corrected chi connectivity index (χ3v) is 5.69. The average Bonchev–Trinajstić information content (AvgIpc) is 3.49. The molecule has 0 radical (unpaired) electrons. The third kappa shape index (κ3) is 3.64. The van der Waals surface area contributed by atoms with Gasteiger partial charge in [-0.2, -0.15) is 0 Å². The zero-order chi connectivity index (χ0) is 20.0. The fourth-order valence-corrected chi connectivity index (χ4v) is 4.00. The number of pyridine rings is 1. The number of halogens is 2. The van der Waals surface area contributed by atoms with Crippen LogP contribution < -0.4 is 5.32 Å². The van der Waals surface area contributed by atoms with E-state index in [-0.39, 0.29) is 23.7 Å². The molecule has 1 atom stereocenters. The van der Waals surface area contributed by atoms with Crippen LogP contribution in [0.4, 0.5) is 10.2 Å². The van der Waals surface area contributed by atoms with Crippen molar-refractivity contribution in [2.75, 3.05) is 18.4 Å². The molecule has 0 bridgehead atoms. The Bertz CT molecular complexity index is 1080. The minimum Gasteiger partial charge on any atom is -0.363 e. The van der Waals surface area contributed by atoms with Crippen LogP contribution in [-0.2, 0) is 4.79 Å². The molecule has 1 amide bonds. The van der Waals surface area contributed by atoms with E-state index in [9.17, 15) is 9.18 Å². The molecule has 1 aliphatic carbocycles. The Hall–Kier alpha value is -2.74. The highest BCUT2D eigenvalue weighted by molar-refractivity contribution is 6.31. The number of aromatic amines is 1. The second-order valence-electron chi connectivity index (χ2n) is 7.68. The molecule has 2 aliphatic rings. The lowest BCUT2D eigenvalue weighted by molar-refractivity contribution is -0.133. The van der Waals surface area contributed by atoms with Crippen molar-refractivity contribution in [2.24, 2.45) is 5.92 Å². The van der Waals surface area contributed by atoms with Crippen LogP contribution >= 0.6 is 11.6 Å². The molecule has 150 valence electrons. The Balaban J connectivity index is 1.39. The minimum absolute atomic E-state index is 0.0391. The van der Waals surface area contributed by atoms with E-state index in [0.29, 0.717) is 28.6 Å². The van der Waals surface area contributed by atoms with Gasteiger partial charge in [0.05, 0.1) is 11.2 Å². The van der Waals surface area contributed by atoms with Crippen molar-refractivity contribution in [1.82, 2.24) is 24.8 Å². The van der Waals surface area contributed by atoms with Gasteiger partial charge < -0.3 is 15.2 Å². The lowest BCUT2D eigenvalue weighted by Gasteiger charge is -2.33. The van der Waals surface area contributed by atoms with Gasteiger partial charge in [0.2, 0.25) is 5.91 Å². The van der Waals surface area contributed by atoms with Gasteiger partial charge in [0.25, 0.3) is 0 Å². The van der Waals surface area contributed by atoms with Gasteiger partial charge in [0, 0.05) is 48.4 Å². The number of aromatic nitrogens is 4. The largest absolute Gasteiger partial charge is 0.363 e. The zero-order valence-electron chi connectivity index (χ0n) is 15.7. The van der Waals surface area contributed by atoms with Crippen LogP contribution in [0.25, 0.3) is 22.4 Å². The van der Waals surface area contributed by atoms with E-state index in [1.165, 1.54) is 0 Å². The van der Waals surface area contributed by atoms with E-state index in [2.05, 4.69) is 25.3 Å². The quantitative estimate of drug-likeness (QED) is 0.680. The fraction of sp³-hybridized carbons (Fsp3) is 0.400. The number of hydrogen-bond acceptors (Lipinski definition) is 5. The molecule has 2 N–H and O–H groups in total. The summed E-state index contributed by atoms with van der Waals surface area (Å²) >= 11 is 6.06. The van der Waals surface area contributed by atoms with Crippen LogP contribution in [0.15, 0.2) is 24.7 Å². The number of nitrogens with one attached hydrogen (secondary N) is 2. The first kappa shape index (κ1) is 18.3. The van der Waals surface area contributed by atoms with E-state index in [1.807, 2.05) is 4.90 Å². The minimum atomic E-state index is -0.518. The number of H-pyrrole nitrogens is 1. The highest BCUT2D eigenvalue weighted by Crippen LogP contribution is 2.32. The molecule has 9 heteroatoms. The molecule has 1 saturated heterocycles. The summed E-state index contributed by atoms with van der Waals surface area (Å²) in [6.07, 6.45) is 8.18. The molecule has 1 saturated carbocycles. The predicted octanol–water partition coefficient (Wildman–Crippen LogP) is 3.63. The molecule has 0 aromatic carbocycles. The molecule has 5 rings (SSSR count). The monoisotopic (exact) mass is 414 g/mol. The first-order valence-electron chi connectivity index (χ1n) is 9.79. The Morgan fingerprint density at radius 2 is 2.14 bits per heavy atom. The van der Waals surface area contributed by atoms with Gasteiger partial charge in [-0.05, 0) is 31.7 Å². The number of piperidine rings is 1. The molecule has 0 unspecified atom stereocenters. The van der Waals surface area contributed by atoms with Gasteiger partial charge in [0.15, 0.2) is 17.5 Å². The Morgan fingerprint density at radius 1 is 1.28 bits per heavy atom. The van der Waals surface area contributed by atoms with Crippen LogP contribution in [0.3, 0.4) is 0 Å². The molecule has 3 aromatic rings. The molecule has 3 aromatic heterocycles. The van der Waals surface area contributed by atoms with Crippen LogP contribution in [0.1, 0.15) is 25.7 Å². The number of carbonyl (C=O) groups is 1. The summed E-state index contributed by atoms with van der Waals surface area (Å²) in [5.74, 6) is 0.424. The molecule has 7 nitrogen and oxygen atoms in total. The molecule has 29 heavy (non-hydrogen) atoms. The first-order chi connectivity index (χ1) is 14.1. The van der Waals surface area contributed by atoms with Gasteiger partial charge in [-0.1, -0.05) is 11.6 Å². The lowest BCUT2D eigenvalue weighted by Crippen LogP contribution is -2.45. The van der Waals surface area contributed by atoms with Crippen molar-refractivity contribution in [3.63, 3.8) is 0 Å².